The average Bonchev–Trinajstić information content (AvgIpc) is 2.51. The van der Waals surface area contributed by atoms with Crippen molar-refractivity contribution in [2.45, 2.75) is 0 Å². The van der Waals surface area contributed by atoms with E-state index in [1.54, 1.807) is 37.3 Å². The number of hydrogen-bond donors (Lipinski definition) is 1. The molecule has 0 aliphatic carbocycles. The van der Waals surface area contributed by atoms with Crippen LogP contribution in [0.1, 0.15) is 10.5 Å². The summed E-state index contributed by atoms with van der Waals surface area (Å²) in [4.78, 5) is 15.6. The number of ketones is 1. The summed E-state index contributed by atoms with van der Waals surface area (Å²) in [7, 11) is 3.57. The number of nitrogens with zero attached hydrogens (tertiary/aromatic N) is 1. The van der Waals surface area contributed by atoms with E-state index < -0.39 is 0 Å². The van der Waals surface area contributed by atoms with E-state index in [9.17, 15) is 4.79 Å². The smallest absolute Gasteiger partial charge is 0.253 e. The Morgan fingerprint density at radius 2 is 2.33 bits per heavy atom. The third-order valence-corrected chi connectivity index (χ3v) is 1.24. The topological polar surface area (TPSA) is 36.1 Å². The molecule has 0 spiro atoms. The van der Waals surface area contributed by atoms with Crippen molar-refractivity contribution in [3.8, 4) is 12.0 Å². The number of hydrogen-bond acceptors (Lipinski definition) is 2. The predicted octanol–water partition coefficient (Wildman–Crippen LogP) is 0.720. The molecule has 3 nitrogen and oxygen atoms in total. The van der Waals surface area contributed by atoms with E-state index in [0.29, 0.717) is 5.69 Å². The Labute approximate surface area is 71.4 Å². The molecular formula is C9H10N2O. The summed E-state index contributed by atoms with van der Waals surface area (Å²) in [5.74, 6) is 2.30. The molecule has 1 aromatic rings. The number of Topliss-reactive ketones (excluding diaryl/α,β-unsaturated/α-hetero) is 1. The zero-order valence-electron chi connectivity index (χ0n) is 7.09. The molecule has 0 bridgehead atoms. The van der Waals surface area contributed by atoms with Gasteiger partial charge in [-0.15, -0.1) is 0 Å². The van der Waals surface area contributed by atoms with E-state index in [1.807, 2.05) is 0 Å². The third kappa shape index (κ3) is 2.17. The maximum absolute atomic E-state index is 11.2. The van der Waals surface area contributed by atoms with Gasteiger partial charge in [-0.3, -0.25) is 4.79 Å². The highest BCUT2D eigenvalue weighted by molar-refractivity contribution is 6.07. The van der Waals surface area contributed by atoms with Gasteiger partial charge < -0.3 is 9.88 Å². The van der Waals surface area contributed by atoms with Crippen molar-refractivity contribution in [2.24, 2.45) is 0 Å². The van der Waals surface area contributed by atoms with Crippen molar-refractivity contribution in [1.29, 1.82) is 0 Å². The maximum Gasteiger partial charge on any atom is 0.253 e. The Morgan fingerprint density at radius 1 is 1.58 bits per heavy atom. The largest absolute Gasteiger partial charge is 0.358 e. The molecule has 0 saturated carbocycles. The Balaban J connectivity index is 2.70. The van der Waals surface area contributed by atoms with Gasteiger partial charge in [0.25, 0.3) is 5.78 Å². The summed E-state index contributed by atoms with van der Waals surface area (Å²) >= 11 is 0. The van der Waals surface area contributed by atoms with Crippen LogP contribution >= 0.6 is 0 Å². The summed E-state index contributed by atoms with van der Waals surface area (Å²) < 4.78 is 0. The molecule has 62 valence electrons. The molecule has 1 rings (SSSR count). The van der Waals surface area contributed by atoms with E-state index in [-0.39, 0.29) is 5.78 Å². The molecular weight excluding hydrogens is 152 g/mol. The van der Waals surface area contributed by atoms with Crippen LogP contribution in [0.3, 0.4) is 0 Å². The van der Waals surface area contributed by atoms with Crippen molar-refractivity contribution in [1.82, 2.24) is 9.88 Å². The monoisotopic (exact) mass is 162 g/mol. The highest BCUT2D eigenvalue weighted by Crippen LogP contribution is 1.94. The van der Waals surface area contributed by atoms with Crippen LogP contribution in [0.2, 0.25) is 0 Å². The van der Waals surface area contributed by atoms with Crippen molar-refractivity contribution in [3.05, 3.63) is 24.0 Å². The molecule has 0 radical (unpaired) electrons. The maximum atomic E-state index is 11.2. The number of aromatic nitrogens is 1. The van der Waals surface area contributed by atoms with Crippen molar-refractivity contribution in [2.75, 3.05) is 14.1 Å². The first kappa shape index (κ1) is 8.41. The molecule has 3 heteroatoms. The molecule has 12 heavy (non-hydrogen) atoms. The van der Waals surface area contributed by atoms with Gasteiger partial charge in [-0.2, -0.15) is 0 Å². The Bertz CT molecular complexity index is 314. The summed E-state index contributed by atoms with van der Waals surface area (Å²) in [6.45, 7) is 0. The molecule has 0 aliphatic rings. The van der Waals surface area contributed by atoms with Gasteiger partial charge >= 0.3 is 0 Å². The van der Waals surface area contributed by atoms with E-state index in [2.05, 4.69) is 16.9 Å². The van der Waals surface area contributed by atoms with E-state index >= 15 is 0 Å². The van der Waals surface area contributed by atoms with Crippen LogP contribution in [-0.2, 0) is 0 Å². The van der Waals surface area contributed by atoms with E-state index in [4.69, 9.17) is 0 Å². The summed E-state index contributed by atoms with van der Waals surface area (Å²) in [6, 6.07) is 6.12. The Kier molecular flexibility index (Phi) is 2.54. The summed E-state index contributed by atoms with van der Waals surface area (Å²) in [5.41, 5.74) is 0.532. The number of carbonyl (C=O) groups excluding carboxylic acids is 1. The minimum absolute atomic E-state index is 0.186. The summed E-state index contributed by atoms with van der Waals surface area (Å²) in [5, 5.41) is 0. The third-order valence-electron chi connectivity index (χ3n) is 1.24. The van der Waals surface area contributed by atoms with E-state index in [0.717, 1.165) is 0 Å². The fraction of sp³-hybridized carbons (Fsp3) is 0.222. The second-order valence-corrected chi connectivity index (χ2v) is 2.54. The first-order valence-electron chi connectivity index (χ1n) is 3.57. The zero-order valence-corrected chi connectivity index (χ0v) is 7.09. The predicted molar refractivity (Wildman–Crippen MR) is 46.6 cm³/mol. The van der Waals surface area contributed by atoms with Gasteiger partial charge in [0.15, 0.2) is 0 Å². The fourth-order valence-electron chi connectivity index (χ4n) is 0.701. The minimum Gasteiger partial charge on any atom is -0.358 e. The molecule has 0 saturated heterocycles. The van der Waals surface area contributed by atoms with Crippen LogP contribution in [-0.4, -0.2) is 29.8 Å². The Hall–Kier alpha value is -1.69. The lowest BCUT2D eigenvalue weighted by Crippen LogP contribution is -2.03. The SMILES string of the molecule is CN(C)C#CC(=O)c1ccc[nH]1. The lowest BCUT2D eigenvalue weighted by molar-refractivity contribution is 0.105. The first-order chi connectivity index (χ1) is 5.70. The van der Waals surface area contributed by atoms with Crippen LogP contribution in [0.15, 0.2) is 18.3 Å². The normalized spacial score (nSPS) is 8.50. The molecule has 0 unspecified atom stereocenters. The number of aromatic amines is 1. The highest BCUT2D eigenvalue weighted by Gasteiger charge is 2.00. The fourth-order valence-corrected chi connectivity index (χ4v) is 0.701. The number of rotatable bonds is 1. The van der Waals surface area contributed by atoms with Gasteiger partial charge in [-0.1, -0.05) is 0 Å². The Morgan fingerprint density at radius 3 is 2.83 bits per heavy atom. The first-order valence-corrected chi connectivity index (χ1v) is 3.57. The zero-order chi connectivity index (χ0) is 8.97. The van der Waals surface area contributed by atoms with Crippen LogP contribution in [0.4, 0.5) is 0 Å². The van der Waals surface area contributed by atoms with Crippen molar-refractivity contribution >= 4 is 5.78 Å². The minimum atomic E-state index is -0.186. The standard InChI is InChI=1S/C9H10N2O/c1-11(2)7-5-9(12)8-4-3-6-10-8/h3-4,6,10H,1-2H3. The summed E-state index contributed by atoms with van der Waals surface area (Å²) in [6.07, 6.45) is 1.70. The quantitative estimate of drug-likeness (QED) is 0.375. The van der Waals surface area contributed by atoms with Gasteiger partial charge in [0.05, 0.1) is 5.69 Å². The lowest BCUT2D eigenvalue weighted by Gasteiger charge is -1.96. The van der Waals surface area contributed by atoms with Crippen LogP contribution in [0.5, 0.6) is 0 Å². The average molecular weight is 162 g/mol. The van der Waals surface area contributed by atoms with Crippen LogP contribution in [0, 0.1) is 12.0 Å². The molecule has 0 aromatic carbocycles. The molecule has 1 N–H and O–H groups in total. The van der Waals surface area contributed by atoms with E-state index in [1.165, 1.54) is 0 Å². The van der Waals surface area contributed by atoms with Crippen molar-refractivity contribution < 1.29 is 4.79 Å². The molecule has 1 heterocycles. The van der Waals surface area contributed by atoms with Gasteiger partial charge in [-0.25, -0.2) is 0 Å². The highest BCUT2D eigenvalue weighted by atomic mass is 16.1. The molecule has 1 aromatic heterocycles. The molecule has 0 amide bonds. The van der Waals surface area contributed by atoms with Gasteiger partial charge in [0, 0.05) is 32.3 Å². The molecule has 0 fully saturated rings. The second-order valence-electron chi connectivity index (χ2n) is 2.54. The van der Waals surface area contributed by atoms with Crippen molar-refractivity contribution in [3.63, 3.8) is 0 Å². The molecule has 0 aliphatic heterocycles. The number of H-pyrrole nitrogens is 1. The van der Waals surface area contributed by atoms with Gasteiger partial charge in [0.2, 0.25) is 0 Å². The number of nitrogens with one attached hydrogen (secondary N) is 1. The van der Waals surface area contributed by atoms with Gasteiger partial charge in [0.1, 0.15) is 0 Å². The van der Waals surface area contributed by atoms with Crippen LogP contribution < -0.4 is 0 Å². The number of carbonyl (C=O) groups is 1. The lowest BCUT2D eigenvalue weighted by atomic mass is 10.3. The van der Waals surface area contributed by atoms with Crippen LogP contribution in [0.25, 0.3) is 0 Å². The second kappa shape index (κ2) is 3.63. The van der Waals surface area contributed by atoms with Gasteiger partial charge in [-0.05, 0) is 12.1 Å². The molecule has 0 atom stereocenters.